The van der Waals surface area contributed by atoms with Crippen molar-refractivity contribution in [3.63, 3.8) is 0 Å². The van der Waals surface area contributed by atoms with Crippen LogP contribution in [-0.2, 0) is 20.9 Å². The third-order valence-corrected chi connectivity index (χ3v) is 16.1. The number of likely N-dealkylation sites (tertiary alicyclic amines) is 1. The number of rotatable bonds is 11. The van der Waals surface area contributed by atoms with Crippen LogP contribution in [0, 0.1) is 18.3 Å². The number of fused-ring (bicyclic) bond motifs is 3. The fraction of sp³-hybridized carbons (Fsp3) is 0.500. The Hall–Kier alpha value is -6.44. The summed E-state index contributed by atoms with van der Waals surface area (Å²) in [6.07, 6.45) is 6.47. The SMILES string of the molecule is Cc1ncsc1-c1ccc(CNC(=O)[C@@H]2C[C@@H](O)CN2C(=O)[C@@H](NC(=O)[C@H]2CC[C@H](N3CCN(c4cnc(N5CCN6c7cc(-c8ccccc8O)nnc7NC[C@H]6C5)nc4)CC3)CC2)C(C)(C)C)cc1. The number of hydrogen-bond acceptors (Lipinski definition) is 16. The van der Waals surface area contributed by atoms with Gasteiger partial charge in [-0.05, 0) is 67.3 Å². The fourth-order valence-corrected chi connectivity index (χ4v) is 11.8. The van der Waals surface area contributed by atoms with E-state index in [1.54, 1.807) is 23.5 Å². The van der Waals surface area contributed by atoms with E-state index < -0.39 is 23.6 Å². The van der Waals surface area contributed by atoms with E-state index in [2.05, 4.69) is 50.7 Å². The van der Waals surface area contributed by atoms with E-state index in [4.69, 9.17) is 9.97 Å². The number of nitrogens with one attached hydrogen (secondary N) is 3. The first-order chi connectivity index (χ1) is 34.3. The Balaban J connectivity index is 0.679. The molecule has 1 aliphatic carbocycles. The second-order valence-corrected chi connectivity index (χ2v) is 21.7. The number of thiazole rings is 1. The van der Waals surface area contributed by atoms with Crippen LogP contribution in [0.5, 0.6) is 5.75 Å². The van der Waals surface area contributed by atoms with Crippen molar-refractivity contribution in [2.24, 2.45) is 11.3 Å². The quantitative estimate of drug-likeness (QED) is 0.122. The second kappa shape index (κ2) is 20.4. The Kier molecular flexibility index (Phi) is 13.8. The lowest BCUT2D eigenvalue weighted by atomic mass is 9.82. The molecule has 18 nitrogen and oxygen atoms in total. The first-order valence-corrected chi connectivity index (χ1v) is 25.9. The van der Waals surface area contributed by atoms with Crippen molar-refractivity contribution in [3.8, 4) is 27.4 Å². The molecule has 71 heavy (non-hydrogen) atoms. The molecule has 0 radical (unpaired) electrons. The number of carbonyl (C=O) groups excluding carboxylic acids is 3. The van der Waals surface area contributed by atoms with E-state index in [0.29, 0.717) is 17.3 Å². The van der Waals surface area contributed by atoms with Crippen LogP contribution in [0.25, 0.3) is 21.7 Å². The van der Waals surface area contributed by atoms with E-state index in [1.165, 1.54) is 4.90 Å². The van der Waals surface area contributed by atoms with E-state index in [-0.39, 0.29) is 54.9 Å². The topological polar surface area (TPSA) is 208 Å². The number of hydrogen-bond donors (Lipinski definition) is 5. The summed E-state index contributed by atoms with van der Waals surface area (Å²) in [6, 6.07) is 16.1. The molecule has 1 saturated carbocycles. The van der Waals surface area contributed by atoms with Gasteiger partial charge < -0.3 is 45.8 Å². The molecular formula is C52H65N13O5S. The highest BCUT2D eigenvalue weighted by Gasteiger charge is 2.45. The molecule has 3 aromatic heterocycles. The number of carbonyl (C=O) groups is 3. The van der Waals surface area contributed by atoms with E-state index in [9.17, 15) is 24.6 Å². The predicted octanol–water partition coefficient (Wildman–Crippen LogP) is 4.68. The molecule has 5 aliphatic rings. The maximum absolute atomic E-state index is 14.3. The summed E-state index contributed by atoms with van der Waals surface area (Å²) in [5.41, 5.74) is 7.46. The number of phenolic OH excluding ortho intramolecular Hbond substituents is 1. The number of anilines is 4. The van der Waals surface area contributed by atoms with Crippen molar-refractivity contribution in [3.05, 3.63) is 83.8 Å². The molecule has 3 saturated heterocycles. The Bertz CT molecular complexity index is 2700. The largest absolute Gasteiger partial charge is 0.507 e. The molecule has 4 fully saturated rings. The molecule has 0 bridgehead atoms. The number of nitrogens with zero attached hydrogens (tertiary/aromatic N) is 10. The van der Waals surface area contributed by atoms with Gasteiger partial charge in [-0.1, -0.05) is 57.2 Å². The highest BCUT2D eigenvalue weighted by molar-refractivity contribution is 7.13. The van der Waals surface area contributed by atoms with Crippen LogP contribution in [0.1, 0.15) is 64.1 Å². The molecule has 5 aromatic rings. The van der Waals surface area contributed by atoms with Crippen LogP contribution in [0.2, 0.25) is 0 Å². The molecule has 19 heteroatoms. The van der Waals surface area contributed by atoms with Gasteiger partial charge in [0.05, 0.1) is 57.7 Å². The summed E-state index contributed by atoms with van der Waals surface area (Å²) < 4.78 is 0. The lowest BCUT2D eigenvalue weighted by Crippen LogP contribution is -2.58. The third kappa shape index (κ3) is 10.3. The van der Waals surface area contributed by atoms with Gasteiger partial charge in [-0.15, -0.1) is 21.5 Å². The Morgan fingerprint density at radius 2 is 1.59 bits per heavy atom. The van der Waals surface area contributed by atoms with Gasteiger partial charge in [0.25, 0.3) is 0 Å². The molecule has 0 spiro atoms. The minimum Gasteiger partial charge on any atom is -0.507 e. The van der Waals surface area contributed by atoms with Crippen molar-refractivity contribution in [2.45, 2.75) is 96.6 Å². The first kappa shape index (κ1) is 48.2. The Morgan fingerprint density at radius 3 is 2.30 bits per heavy atom. The van der Waals surface area contributed by atoms with Gasteiger partial charge in [-0.3, -0.25) is 19.3 Å². The number of aromatic nitrogens is 5. The minimum absolute atomic E-state index is 0.0355. The maximum Gasteiger partial charge on any atom is 0.246 e. The van der Waals surface area contributed by atoms with Crippen molar-refractivity contribution in [2.75, 3.05) is 78.9 Å². The van der Waals surface area contributed by atoms with Crippen LogP contribution in [0.15, 0.2) is 72.5 Å². The summed E-state index contributed by atoms with van der Waals surface area (Å²) >= 11 is 1.59. The van der Waals surface area contributed by atoms with Gasteiger partial charge in [-0.25, -0.2) is 15.0 Å². The molecule has 2 aromatic carbocycles. The number of aliphatic hydroxyl groups excluding tert-OH is 1. The number of amides is 3. The minimum atomic E-state index is -0.859. The second-order valence-electron chi connectivity index (χ2n) is 20.8. The normalized spacial score (nSPS) is 23.1. The van der Waals surface area contributed by atoms with Crippen molar-refractivity contribution >= 4 is 52.2 Å². The van der Waals surface area contributed by atoms with Crippen molar-refractivity contribution in [1.29, 1.82) is 0 Å². The lowest BCUT2D eigenvalue weighted by Gasteiger charge is -2.45. The van der Waals surface area contributed by atoms with Crippen molar-refractivity contribution < 1.29 is 24.6 Å². The van der Waals surface area contributed by atoms with E-state index in [1.807, 2.05) is 88.1 Å². The van der Waals surface area contributed by atoms with E-state index >= 15 is 0 Å². The zero-order chi connectivity index (χ0) is 49.4. The van der Waals surface area contributed by atoms with Crippen molar-refractivity contribution in [1.82, 2.24) is 45.6 Å². The van der Waals surface area contributed by atoms with Crippen LogP contribution in [0.4, 0.5) is 23.1 Å². The molecule has 4 aliphatic heterocycles. The molecule has 0 unspecified atom stereocenters. The highest BCUT2D eigenvalue weighted by atomic mass is 32.1. The van der Waals surface area contributed by atoms with Crippen LogP contribution in [0.3, 0.4) is 0 Å². The van der Waals surface area contributed by atoms with Gasteiger partial charge in [0, 0.05) is 89.4 Å². The smallest absolute Gasteiger partial charge is 0.246 e. The summed E-state index contributed by atoms with van der Waals surface area (Å²) in [7, 11) is 0. The average molecular weight is 984 g/mol. The predicted molar refractivity (Wildman–Crippen MR) is 274 cm³/mol. The summed E-state index contributed by atoms with van der Waals surface area (Å²) in [4.78, 5) is 68.0. The number of phenols is 1. The van der Waals surface area contributed by atoms with Crippen LogP contribution >= 0.6 is 11.3 Å². The summed E-state index contributed by atoms with van der Waals surface area (Å²) in [5.74, 6) is 0.649. The number of benzene rings is 2. The van der Waals surface area contributed by atoms with Gasteiger partial charge in [0.2, 0.25) is 23.7 Å². The molecule has 7 heterocycles. The number of para-hydroxylation sites is 1. The molecule has 10 rings (SSSR count). The van der Waals surface area contributed by atoms with Gasteiger partial charge in [0.1, 0.15) is 17.8 Å². The monoisotopic (exact) mass is 983 g/mol. The fourth-order valence-electron chi connectivity index (χ4n) is 11.0. The van der Waals surface area contributed by atoms with Crippen LogP contribution < -0.4 is 30.7 Å². The molecule has 374 valence electrons. The number of aryl methyl sites for hydroxylation is 1. The third-order valence-electron chi connectivity index (χ3n) is 15.1. The highest BCUT2D eigenvalue weighted by Crippen LogP contribution is 2.37. The molecule has 5 N–H and O–H groups in total. The van der Waals surface area contributed by atoms with Gasteiger partial charge in [-0.2, -0.15) is 0 Å². The number of aromatic hydroxyl groups is 1. The average Bonchev–Trinajstić information content (AvgIpc) is 4.01. The maximum atomic E-state index is 14.3. The lowest BCUT2D eigenvalue weighted by molar-refractivity contribution is -0.144. The number of aliphatic hydroxyl groups is 1. The van der Waals surface area contributed by atoms with E-state index in [0.717, 1.165) is 123 Å². The molecular weight excluding hydrogens is 919 g/mol. The van der Waals surface area contributed by atoms with Gasteiger partial charge >= 0.3 is 0 Å². The number of piperazine rings is 2. The first-order valence-electron chi connectivity index (χ1n) is 25.1. The summed E-state index contributed by atoms with van der Waals surface area (Å²) in [6.45, 7) is 14.7. The van der Waals surface area contributed by atoms with Gasteiger partial charge in [0.15, 0.2) is 5.82 Å². The van der Waals surface area contributed by atoms with Crippen LogP contribution in [-0.4, -0.2) is 152 Å². The molecule has 4 atom stereocenters. The zero-order valence-corrected chi connectivity index (χ0v) is 41.8. The zero-order valence-electron chi connectivity index (χ0n) is 41.0. The standard InChI is InChI=1S/C52H65N13O5S/c1-32-45(71-31-57-32)34-11-9-33(10-12-34)25-54-49(69)43-23-39(66)30-65(43)50(70)46(52(2,3)4)58-48(68)35-13-15-36(16-14-35)61-17-19-62(20-18-61)37-26-55-51(56-27-37)63-21-22-64-38(29-63)28-53-47-42(64)24-41(59-60-47)40-7-5-6-8-44(40)67/h5-12,24,26-27,31,35-36,38-39,43,46,66-67H,13-23,25,28-30H2,1-4H3,(H,53,60)(H,54,69)(H,58,68)/t35-,36-,38-,39+,43-,46+/m0/s1. The number of β-amino-alcohol motifs (C(OH)–C–C–N with tert-alkyl or cyclic N) is 1. The summed E-state index contributed by atoms with van der Waals surface area (Å²) in [5, 5.41) is 39.6. The Labute approximate surface area is 418 Å². The Morgan fingerprint density at radius 1 is 0.859 bits per heavy atom. The molecule has 3 amide bonds.